The van der Waals surface area contributed by atoms with Crippen LogP contribution in [0.3, 0.4) is 0 Å². The number of nitrogens with zero attached hydrogens (tertiary/aromatic N) is 8. The summed E-state index contributed by atoms with van der Waals surface area (Å²) in [7, 11) is 0. The van der Waals surface area contributed by atoms with E-state index in [1.54, 1.807) is 33.8 Å². The van der Waals surface area contributed by atoms with Crippen LogP contribution in [0.2, 0.25) is 0 Å². The van der Waals surface area contributed by atoms with Crippen LogP contribution in [0.15, 0.2) is 78.2 Å². The molecule has 15 heteroatoms. The number of hydrogen-bond acceptors (Lipinski definition) is 11. The third-order valence-corrected chi connectivity index (χ3v) is 12.2. The van der Waals surface area contributed by atoms with Gasteiger partial charge < -0.3 is 20.4 Å². The predicted octanol–water partition coefficient (Wildman–Crippen LogP) is 5.10. The van der Waals surface area contributed by atoms with Crippen LogP contribution in [0.1, 0.15) is 56.2 Å². The van der Waals surface area contributed by atoms with Crippen molar-refractivity contribution in [1.29, 1.82) is 0 Å². The van der Waals surface area contributed by atoms with Crippen LogP contribution in [0.25, 0.3) is 16.9 Å². The van der Waals surface area contributed by atoms with E-state index in [0.717, 1.165) is 82.0 Å². The fraction of sp³-hybridized carbons (Fsp3) is 0.395. The first-order valence-electron chi connectivity index (χ1n) is 20.4. The molecule has 3 fully saturated rings. The molecule has 6 heterocycles. The Labute approximate surface area is 335 Å². The van der Waals surface area contributed by atoms with Crippen LogP contribution in [0, 0.1) is 5.82 Å². The van der Waals surface area contributed by atoms with Crippen molar-refractivity contribution in [3.8, 4) is 5.82 Å². The number of fused-ring (bicyclic) bond motifs is 2. The Bertz CT molecular complexity index is 2440. The summed E-state index contributed by atoms with van der Waals surface area (Å²) in [6, 6.07) is 17.1. The molecule has 3 aliphatic heterocycles. The summed E-state index contributed by atoms with van der Waals surface area (Å²) in [6.45, 7) is 11.5. The van der Waals surface area contributed by atoms with E-state index < -0.39 is 6.04 Å². The Morgan fingerprint density at radius 3 is 2.48 bits per heavy atom. The molecule has 4 aliphatic rings. The number of carbonyl (C=O) groups excluding carboxylic acids is 2. The summed E-state index contributed by atoms with van der Waals surface area (Å²) >= 11 is 0. The summed E-state index contributed by atoms with van der Waals surface area (Å²) < 4.78 is 18.7. The van der Waals surface area contributed by atoms with E-state index in [9.17, 15) is 14.4 Å². The molecule has 58 heavy (non-hydrogen) atoms. The third-order valence-electron chi connectivity index (χ3n) is 12.2. The third kappa shape index (κ3) is 7.18. The number of halogens is 1. The number of piperidine rings is 1. The highest BCUT2D eigenvalue weighted by molar-refractivity contribution is 6.01. The molecule has 3 aromatic heterocycles. The van der Waals surface area contributed by atoms with Crippen LogP contribution < -0.4 is 31.3 Å². The van der Waals surface area contributed by atoms with Gasteiger partial charge in [-0.3, -0.25) is 24.6 Å². The number of pyridine rings is 1. The number of piperazine rings is 1. The van der Waals surface area contributed by atoms with Crippen molar-refractivity contribution in [3.63, 3.8) is 0 Å². The summed E-state index contributed by atoms with van der Waals surface area (Å²) in [5.41, 5.74) is 5.74. The standard InChI is InChI=1S/C43H48FN11O3/c1-3-18-54-42(58)33-25-45-43(50-40(33)55(54)37-15-7-28-6-5-27(4-2)39(28)48-37)47-29-8-11-31(12-9-29)51-20-22-52(23-21-51)32-17-19-53(26-32)36-14-10-30(24-34(36)44)46-35-13-16-38(56)49-41(35)57/h3,7-12,14-15,24-25,27,32,35,46H,1,4-6,13,16-23,26H2,2H3,(H,45,47,50)(H,49,56,57)/t27-,32?,35?/m0/s1. The monoisotopic (exact) mass is 785 g/mol. The van der Waals surface area contributed by atoms with Gasteiger partial charge in [-0.05, 0) is 86.2 Å². The Balaban J connectivity index is 0.822. The molecule has 14 nitrogen and oxygen atoms in total. The Morgan fingerprint density at radius 1 is 0.914 bits per heavy atom. The fourth-order valence-corrected chi connectivity index (χ4v) is 9.02. The Hall–Kier alpha value is -6.09. The molecule has 3 N–H and O–H groups in total. The maximum absolute atomic E-state index is 15.3. The lowest BCUT2D eigenvalue weighted by molar-refractivity contribution is -0.133. The number of rotatable bonds is 11. The molecule has 3 saturated heterocycles. The van der Waals surface area contributed by atoms with Gasteiger partial charge in [0.15, 0.2) is 11.5 Å². The molecule has 9 rings (SSSR count). The summed E-state index contributed by atoms with van der Waals surface area (Å²) in [6.07, 6.45) is 8.04. The molecule has 2 unspecified atom stereocenters. The first-order valence-corrected chi connectivity index (χ1v) is 20.4. The van der Waals surface area contributed by atoms with Gasteiger partial charge >= 0.3 is 0 Å². The number of imide groups is 1. The second kappa shape index (κ2) is 15.7. The first-order chi connectivity index (χ1) is 28.3. The van der Waals surface area contributed by atoms with Crippen molar-refractivity contribution in [2.75, 3.05) is 59.7 Å². The van der Waals surface area contributed by atoms with E-state index >= 15 is 4.39 Å². The number of amides is 2. The topological polar surface area (TPSA) is 146 Å². The molecule has 300 valence electrons. The highest BCUT2D eigenvalue weighted by Crippen LogP contribution is 2.35. The van der Waals surface area contributed by atoms with E-state index in [1.807, 2.05) is 18.2 Å². The van der Waals surface area contributed by atoms with Crippen LogP contribution in [-0.4, -0.2) is 92.4 Å². The zero-order valence-corrected chi connectivity index (χ0v) is 32.7. The average molecular weight is 786 g/mol. The smallest absolute Gasteiger partial charge is 0.278 e. The number of nitrogens with one attached hydrogen (secondary N) is 3. The van der Waals surface area contributed by atoms with Gasteiger partial charge in [0.2, 0.25) is 17.8 Å². The van der Waals surface area contributed by atoms with Crippen molar-refractivity contribution < 1.29 is 14.0 Å². The first kappa shape index (κ1) is 37.5. The van der Waals surface area contributed by atoms with Gasteiger partial charge in [0.1, 0.15) is 17.2 Å². The number of aromatic nitrogens is 5. The van der Waals surface area contributed by atoms with Crippen molar-refractivity contribution >= 4 is 51.5 Å². The SMILES string of the molecule is C=CCn1c(=O)c2cnc(Nc3ccc(N4CCN(C5CCN(c6ccc(NC7CCC(=O)NC7=O)cc6F)C5)CC4)cc3)nc2n1-c1ccc2c(n1)[C@@H](CC)CC2. The zero-order valence-electron chi connectivity index (χ0n) is 32.7. The minimum atomic E-state index is -0.555. The second-order valence-corrected chi connectivity index (χ2v) is 15.7. The fourth-order valence-electron chi connectivity index (χ4n) is 9.02. The van der Waals surface area contributed by atoms with Gasteiger partial charge in [0.25, 0.3) is 5.56 Å². The molecular formula is C43H48FN11O3. The largest absolute Gasteiger partial charge is 0.374 e. The lowest BCUT2D eigenvalue weighted by atomic mass is 10.0. The molecule has 0 bridgehead atoms. The zero-order chi connectivity index (χ0) is 39.9. The van der Waals surface area contributed by atoms with E-state index in [4.69, 9.17) is 9.97 Å². The molecule has 2 amide bonds. The molecule has 1 aliphatic carbocycles. The number of aryl methyl sites for hydroxylation is 1. The lowest BCUT2D eigenvalue weighted by Gasteiger charge is -2.39. The Morgan fingerprint density at radius 2 is 1.72 bits per heavy atom. The molecule has 3 atom stereocenters. The minimum Gasteiger partial charge on any atom is -0.374 e. The highest BCUT2D eigenvalue weighted by Gasteiger charge is 2.32. The van der Waals surface area contributed by atoms with Crippen molar-refractivity contribution in [2.24, 2.45) is 0 Å². The van der Waals surface area contributed by atoms with Crippen molar-refractivity contribution in [2.45, 2.75) is 70.0 Å². The number of benzene rings is 2. The number of allylic oxidation sites excluding steroid dienone is 1. The van der Waals surface area contributed by atoms with E-state index in [2.05, 4.69) is 67.3 Å². The van der Waals surface area contributed by atoms with Crippen molar-refractivity contribution in [1.82, 2.24) is 34.5 Å². The molecule has 5 aromatic rings. The maximum atomic E-state index is 15.3. The highest BCUT2D eigenvalue weighted by atomic mass is 19.1. The van der Waals surface area contributed by atoms with Gasteiger partial charge in [0, 0.05) is 86.6 Å². The van der Waals surface area contributed by atoms with Gasteiger partial charge in [-0.2, -0.15) is 4.98 Å². The molecule has 0 spiro atoms. The quantitative estimate of drug-likeness (QED) is 0.122. The normalized spacial score (nSPS) is 21.0. The van der Waals surface area contributed by atoms with Crippen LogP contribution in [-0.2, 0) is 22.6 Å². The van der Waals surface area contributed by atoms with Gasteiger partial charge in [-0.25, -0.2) is 23.7 Å². The maximum Gasteiger partial charge on any atom is 0.278 e. The lowest BCUT2D eigenvalue weighted by Crippen LogP contribution is -2.51. The minimum absolute atomic E-state index is 0.188. The number of anilines is 5. The number of carbonyl (C=O) groups is 2. The van der Waals surface area contributed by atoms with Crippen LogP contribution in [0.5, 0.6) is 0 Å². The van der Waals surface area contributed by atoms with Gasteiger partial charge in [0.05, 0.1) is 12.2 Å². The van der Waals surface area contributed by atoms with Gasteiger partial charge in [-0.15, -0.1) is 6.58 Å². The predicted molar refractivity (Wildman–Crippen MR) is 223 cm³/mol. The van der Waals surface area contributed by atoms with Crippen LogP contribution >= 0.6 is 0 Å². The van der Waals surface area contributed by atoms with Crippen LogP contribution in [0.4, 0.5) is 33.1 Å². The molecule has 2 aromatic carbocycles. The van der Waals surface area contributed by atoms with E-state index in [1.165, 1.54) is 11.6 Å². The molecule has 0 saturated carbocycles. The number of hydrogen-bond donors (Lipinski definition) is 3. The summed E-state index contributed by atoms with van der Waals surface area (Å²) in [5, 5.41) is 9.16. The average Bonchev–Trinajstić information content (AvgIpc) is 3.96. The Kier molecular flexibility index (Phi) is 10.1. The molecule has 0 radical (unpaired) electrons. The van der Waals surface area contributed by atoms with Gasteiger partial charge in [-0.1, -0.05) is 19.1 Å². The molecular weight excluding hydrogens is 738 g/mol. The van der Waals surface area contributed by atoms with E-state index in [0.29, 0.717) is 59.1 Å². The van der Waals surface area contributed by atoms with Crippen molar-refractivity contribution in [3.05, 3.63) is 101 Å². The summed E-state index contributed by atoms with van der Waals surface area (Å²) in [4.78, 5) is 58.5. The second-order valence-electron chi connectivity index (χ2n) is 15.7. The van der Waals surface area contributed by atoms with E-state index in [-0.39, 0.29) is 29.6 Å². The summed E-state index contributed by atoms with van der Waals surface area (Å²) in [5.74, 6) is 0.477.